The van der Waals surface area contributed by atoms with Gasteiger partial charge in [-0.2, -0.15) is 8.42 Å². The Hall–Kier alpha value is -5.63. The van der Waals surface area contributed by atoms with Gasteiger partial charge in [-0.15, -0.1) is 0 Å². The number of ether oxygens (including phenoxy) is 4. The van der Waals surface area contributed by atoms with Crippen molar-refractivity contribution in [3.63, 3.8) is 0 Å². The van der Waals surface area contributed by atoms with Crippen LogP contribution in [0.4, 0.5) is 11.4 Å². The predicted molar refractivity (Wildman–Crippen MR) is 304 cm³/mol. The van der Waals surface area contributed by atoms with Crippen LogP contribution in [0.1, 0.15) is 77.6 Å². The van der Waals surface area contributed by atoms with E-state index in [2.05, 4.69) is 51.2 Å². The van der Waals surface area contributed by atoms with Gasteiger partial charge in [0.1, 0.15) is 30.5 Å². The Kier molecular flexibility index (Phi) is 23.1. The molecule has 2 unspecified atom stereocenters. The number of benzene rings is 6. The lowest BCUT2D eigenvalue weighted by Crippen LogP contribution is -2.49. The molecule has 77 heavy (non-hydrogen) atoms. The molecule has 0 saturated carbocycles. The van der Waals surface area contributed by atoms with Crippen LogP contribution >= 0.6 is 46.4 Å². The van der Waals surface area contributed by atoms with Gasteiger partial charge in [-0.05, 0) is 109 Å². The van der Waals surface area contributed by atoms with Crippen molar-refractivity contribution in [1.29, 1.82) is 0 Å². The van der Waals surface area contributed by atoms with E-state index in [0.717, 1.165) is 73.0 Å². The second-order valence-electron chi connectivity index (χ2n) is 18.0. The number of methoxy groups -OCH3 is 1. The zero-order chi connectivity index (χ0) is 55.6. The third kappa shape index (κ3) is 18.0. The number of aliphatic hydroxyl groups excluding tert-OH is 2. The van der Waals surface area contributed by atoms with Crippen LogP contribution < -0.4 is 29.3 Å². The maximum absolute atomic E-state index is 11.8. The number of halogens is 4. The molecule has 0 aliphatic carbocycles. The van der Waals surface area contributed by atoms with E-state index in [9.17, 15) is 18.0 Å². The van der Waals surface area contributed by atoms with Crippen molar-refractivity contribution >= 4 is 79.8 Å². The van der Waals surface area contributed by atoms with Crippen LogP contribution in [0, 0.1) is 0 Å². The number of hydrogen-bond donors (Lipinski definition) is 3. The fourth-order valence-electron chi connectivity index (χ4n) is 8.85. The van der Waals surface area contributed by atoms with Crippen LogP contribution in [0.15, 0.2) is 133 Å². The summed E-state index contributed by atoms with van der Waals surface area (Å²) in [4.78, 5) is 29.6. The highest BCUT2D eigenvalue weighted by Gasteiger charge is 2.33. The molecule has 2 fully saturated rings. The first kappa shape index (κ1) is 60.6. The molecule has 4 atom stereocenters. The van der Waals surface area contributed by atoms with Crippen LogP contribution in [0.2, 0.25) is 20.1 Å². The van der Waals surface area contributed by atoms with Crippen LogP contribution in [-0.2, 0) is 23.8 Å². The number of esters is 2. The number of carbonyl (C=O) groups excluding carboxylic acids is 2. The molecule has 0 bridgehead atoms. The van der Waals surface area contributed by atoms with Crippen molar-refractivity contribution in [2.24, 2.45) is 0 Å². The topological polar surface area (TPSA) is 177 Å². The van der Waals surface area contributed by atoms with E-state index in [-0.39, 0.29) is 50.5 Å². The third-order valence-electron chi connectivity index (χ3n) is 12.6. The molecular formula is C57H64Cl4N4O11S. The fraction of sp³-hybridized carbons (Fsp3) is 0.333. The summed E-state index contributed by atoms with van der Waals surface area (Å²) in [5, 5.41) is 24.0. The van der Waals surface area contributed by atoms with Crippen LogP contribution in [-0.4, -0.2) is 115 Å². The van der Waals surface area contributed by atoms with Gasteiger partial charge in [0, 0.05) is 74.4 Å². The molecule has 0 radical (unpaired) electrons. The Labute approximate surface area is 471 Å². The Morgan fingerprint density at radius 3 is 1.64 bits per heavy atom. The molecule has 2 aliphatic rings. The Balaban J connectivity index is 0.000000202. The van der Waals surface area contributed by atoms with Gasteiger partial charge >= 0.3 is 11.9 Å². The SMILES string of the molecule is CC(=O)Oc1ccc([C@@H](C)OS(C)(=O)=O)cc1.COC(=O)c1ccc([C@@H](C)N2CCN(c3ccc(OCCO)cc3Cl)C(c3ccc(Cl)cc3)C2)cc1.OCCOc1ccc(N2CCNCC2c2ccc(Cl)cc2)c(Cl)c1. The number of hydrogen-bond acceptors (Lipinski definition) is 15. The van der Waals surface area contributed by atoms with Gasteiger partial charge in [0.25, 0.3) is 10.1 Å². The lowest BCUT2D eigenvalue weighted by atomic mass is 9.98. The average molecular weight is 1160 g/mol. The summed E-state index contributed by atoms with van der Waals surface area (Å²) in [6.07, 6.45) is 0.424. The molecule has 0 amide bonds. The van der Waals surface area contributed by atoms with Crippen LogP contribution in [0.25, 0.3) is 0 Å². The van der Waals surface area contributed by atoms with Gasteiger partial charge in [0.05, 0.1) is 71.8 Å². The first-order chi connectivity index (χ1) is 36.9. The molecule has 15 nitrogen and oxygen atoms in total. The van der Waals surface area contributed by atoms with E-state index in [4.69, 9.17) is 79.7 Å². The first-order valence-electron chi connectivity index (χ1n) is 24.8. The highest BCUT2D eigenvalue weighted by atomic mass is 35.5. The number of anilines is 2. The average Bonchev–Trinajstić information content (AvgIpc) is 3.43. The predicted octanol–water partition coefficient (Wildman–Crippen LogP) is 10.9. The van der Waals surface area contributed by atoms with Crippen molar-refractivity contribution in [2.75, 3.05) is 88.9 Å². The van der Waals surface area contributed by atoms with Crippen molar-refractivity contribution in [2.45, 2.75) is 45.0 Å². The van der Waals surface area contributed by atoms with Gasteiger partial charge in [0.15, 0.2) is 0 Å². The number of nitrogens with zero attached hydrogens (tertiary/aromatic N) is 3. The summed E-state index contributed by atoms with van der Waals surface area (Å²) >= 11 is 25.4. The number of piperazine rings is 2. The summed E-state index contributed by atoms with van der Waals surface area (Å²) in [6, 6.07) is 41.7. The maximum atomic E-state index is 11.8. The Morgan fingerprint density at radius 1 is 0.662 bits per heavy atom. The summed E-state index contributed by atoms with van der Waals surface area (Å²) in [5.41, 5.74) is 6.62. The standard InChI is InChI=1S/C28H30Cl2N2O4.C18H20Cl2N2O2.C11H14O5S/c1-19(20-3-5-22(6-4-20)28(34)35-2)31-13-14-32(27(18-31)21-7-9-23(29)10-8-21)26-12-11-24(17-25(26)30)36-16-15-33;19-14-3-1-13(2-4-14)18-12-21-7-8-22(18)17-6-5-15(11-16(17)20)24-10-9-23;1-8(16-17(3,13)14)10-4-6-11(7-5-10)15-9(2)12/h3-12,17,19,27,33H,13-16,18H2,1-2H3;1-6,11,18,21,23H,7-10,12H2;4-8H,1-3H3/t19-,27?;;8-/m1.1/s1. The normalized spacial score (nSPS) is 16.4. The molecule has 2 heterocycles. The van der Waals surface area contributed by atoms with E-state index < -0.39 is 22.2 Å². The summed E-state index contributed by atoms with van der Waals surface area (Å²) in [6.45, 7) is 10.5. The monoisotopic (exact) mass is 1150 g/mol. The minimum atomic E-state index is -3.49. The number of nitrogens with one attached hydrogen (secondary N) is 1. The quantitative estimate of drug-likeness (QED) is 0.0446. The van der Waals surface area contributed by atoms with Gasteiger partial charge in [-0.3, -0.25) is 13.9 Å². The molecule has 2 aliphatic heterocycles. The van der Waals surface area contributed by atoms with Crippen molar-refractivity contribution in [3.8, 4) is 17.2 Å². The molecule has 6 aromatic carbocycles. The second kappa shape index (κ2) is 29.4. The summed E-state index contributed by atoms with van der Waals surface area (Å²) in [7, 11) is -2.10. The number of rotatable bonds is 17. The highest BCUT2D eigenvalue weighted by Crippen LogP contribution is 2.40. The molecular weight excluding hydrogens is 1090 g/mol. The van der Waals surface area contributed by atoms with E-state index >= 15 is 0 Å². The highest BCUT2D eigenvalue weighted by molar-refractivity contribution is 7.86. The lowest BCUT2D eigenvalue weighted by molar-refractivity contribution is -0.131. The van der Waals surface area contributed by atoms with Crippen LogP contribution in [0.5, 0.6) is 17.2 Å². The van der Waals surface area contributed by atoms with E-state index in [1.165, 1.54) is 19.6 Å². The number of aliphatic hydroxyl groups is 2. The largest absolute Gasteiger partial charge is 0.491 e. The summed E-state index contributed by atoms with van der Waals surface area (Å²) in [5.74, 6) is 0.959. The second-order valence-corrected chi connectivity index (χ2v) is 21.3. The van der Waals surface area contributed by atoms with E-state index in [0.29, 0.717) is 43.4 Å². The minimum Gasteiger partial charge on any atom is -0.491 e. The van der Waals surface area contributed by atoms with Gasteiger partial charge in [-0.1, -0.05) is 94.9 Å². The van der Waals surface area contributed by atoms with Crippen molar-refractivity contribution in [3.05, 3.63) is 181 Å². The van der Waals surface area contributed by atoms with Gasteiger partial charge in [0.2, 0.25) is 0 Å². The molecule has 412 valence electrons. The molecule has 0 spiro atoms. The molecule has 3 N–H and O–H groups in total. The zero-order valence-electron chi connectivity index (χ0n) is 43.4. The Morgan fingerprint density at radius 2 is 1.16 bits per heavy atom. The van der Waals surface area contributed by atoms with Crippen molar-refractivity contribution in [1.82, 2.24) is 10.2 Å². The van der Waals surface area contributed by atoms with Crippen LogP contribution in [0.3, 0.4) is 0 Å². The molecule has 20 heteroatoms. The summed E-state index contributed by atoms with van der Waals surface area (Å²) < 4.78 is 47.3. The van der Waals surface area contributed by atoms with E-state index in [1.807, 2.05) is 72.8 Å². The van der Waals surface area contributed by atoms with E-state index in [1.54, 1.807) is 43.3 Å². The lowest BCUT2D eigenvalue weighted by Gasteiger charge is -2.45. The third-order valence-corrected chi connectivity index (χ3v) is 14.4. The Bertz CT molecular complexity index is 2960. The molecule has 6 aromatic rings. The van der Waals surface area contributed by atoms with Gasteiger partial charge in [-0.25, -0.2) is 4.79 Å². The van der Waals surface area contributed by atoms with Gasteiger partial charge < -0.3 is 44.3 Å². The molecule has 0 aromatic heterocycles. The molecule has 2 saturated heterocycles. The smallest absolute Gasteiger partial charge is 0.337 e. The fourth-order valence-corrected chi connectivity index (χ4v) is 10.3. The number of carbonyl (C=O) groups is 2. The minimum absolute atomic E-state index is 0.0180. The maximum Gasteiger partial charge on any atom is 0.337 e. The first-order valence-corrected chi connectivity index (χ1v) is 28.1. The zero-order valence-corrected chi connectivity index (χ0v) is 47.3. The van der Waals surface area contributed by atoms with Crippen molar-refractivity contribution < 1.29 is 51.4 Å². The molecule has 8 rings (SSSR count).